The largest absolute Gasteiger partial charge is 0.331 e. The van der Waals surface area contributed by atoms with Crippen LogP contribution < -0.4 is 5.49 Å². The molecule has 0 fully saturated rings. The summed E-state index contributed by atoms with van der Waals surface area (Å²) < 4.78 is 2.14. The van der Waals surface area contributed by atoms with Gasteiger partial charge in [-0.3, -0.25) is 4.99 Å². The molecule has 1 aromatic heterocycles. The van der Waals surface area contributed by atoms with Gasteiger partial charge in [0.2, 0.25) is 0 Å². The molecule has 0 bridgehead atoms. The van der Waals surface area contributed by atoms with Crippen LogP contribution in [-0.4, -0.2) is 11.6 Å². The quantitative estimate of drug-likeness (QED) is 0.578. The number of nitrogens with zero attached hydrogens (tertiary/aromatic N) is 2. The van der Waals surface area contributed by atoms with Gasteiger partial charge >= 0.3 is 0 Å². The SMILES string of the molecule is C/N=c1/ccccn1C(C)C. The summed E-state index contributed by atoms with van der Waals surface area (Å²) in [5.74, 6) is 0. The molecule has 0 aromatic carbocycles. The van der Waals surface area contributed by atoms with Crippen molar-refractivity contribution in [1.29, 1.82) is 0 Å². The summed E-state index contributed by atoms with van der Waals surface area (Å²) in [4.78, 5) is 4.15. The minimum atomic E-state index is 0.481. The molecule has 1 heterocycles. The van der Waals surface area contributed by atoms with E-state index in [1.165, 1.54) is 0 Å². The van der Waals surface area contributed by atoms with E-state index in [0.717, 1.165) is 5.49 Å². The lowest BCUT2D eigenvalue weighted by Crippen LogP contribution is -2.20. The van der Waals surface area contributed by atoms with E-state index in [4.69, 9.17) is 0 Å². The highest BCUT2D eigenvalue weighted by Crippen LogP contribution is 1.97. The van der Waals surface area contributed by atoms with E-state index >= 15 is 0 Å². The molecule has 0 aliphatic carbocycles. The fourth-order valence-electron chi connectivity index (χ4n) is 1.07. The molecule has 0 spiro atoms. The van der Waals surface area contributed by atoms with Crippen LogP contribution in [0.1, 0.15) is 19.9 Å². The minimum absolute atomic E-state index is 0.481. The van der Waals surface area contributed by atoms with Crippen LogP contribution in [0.4, 0.5) is 0 Å². The predicted octanol–water partition coefficient (Wildman–Crippen LogP) is 1.60. The lowest BCUT2D eigenvalue weighted by molar-refractivity contribution is 0.569. The van der Waals surface area contributed by atoms with Gasteiger partial charge < -0.3 is 4.57 Å². The van der Waals surface area contributed by atoms with E-state index in [9.17, 15) is 0 Å². The third-order valence-electron chi connectivity index (χ3n) is 1.65. The second kappa shape index (κ2) is 3.37. The fraction of sp³-hybridized carbons (Fsp3) is 0.444. The molecule has 0 unspecified atom stereocenters. The molecule has 0 radical (unpaired) electrons. The Bertz CT molecular complexity index is 284. The van der Waals surface area contributed by atoms with Gasteiger partial charge in [-0.05, 0) is 26.0 Å². The summed E-state index contributed by atoms with van der Waals surface area (Å²) in [5.41, 5.74) is 1.03. The zero-order valence-electron chi connectivity index (χ0n) is 7.28. The highest BCUT2D eigenvalue weighted by Gasteiger charge is 1.94. The Balaban J connectivity index is 3.25. The van der Waals surface area contributed by atoms with Crippen molar-refractivity contribution >= 4 is 0 Å². The van der Waals surface area contributed by atoms with Gasteiger partial charge in [0, 0.05) is 19.3 Å². The van der Waals surface area contributed by atoms with Crippen molar-refractivity contribution in [3.63, 3.8) is 0 Å². The van der Waals surface area contributed by atoms with Gasteiger partial charge in [0.1, 0.15) is 5.49 Å². The molecule has 0 atom stereocenters. The van der Waals surface area contributed by atoms with E-state index in [-0.39, 0.29) is 0 Å². The lowest BCUT2D eigenvalue weighted by atomic mass is 10.3. The number of pyridine rings is 1. The topological polar surface area (TPSA) is 17.3 Å². The lowest BCUT2D eigenvalue weighted by Gasteiger charge is -2.09. The highest BCUT2D eigenvalue weighted by atomic mass is 15.0. The number of hydrogen-bond acceptors (Lipinski definition) is 1. The Hall–Kier alpha value is -1.05. The second-order valence-electron chi connectivity index (χ2n) is 2.78. The first-order chi connectivity index (χ1) is 5.25. The van der Waals surface area contributed by atoms with Crippen LogP contribution in [0.2, 0.25) is 0 Å². The van der Waals surface area contributed by atoms with Gasteiger partial charge in [0.15, 0.2) is 0 Å². The molecule has 60 valence electrons. The Morgan fingerprint density at radius 1 is 1.36 bits per heavy atom. The maximum absolute atomic E-state index is 4.15. The normalized spacial score (nSPS) is 12.5. The Kier molecular flexibility index (Phi) is 2.47. The molecule has 2 nitrogen and oxygen atoms in total. The Labute approximate surface area is 67.2 Å². The molecular formula is C9H14N2. The average molecular weight is 150 g/mol. The van der Waals surface area contributed by atoms with E-state index < -0.39 is 0 Å². The van der Waals surface area contributed by atoms with Crippen molar-refractivity contribution in [3.8, 4) is 0 Å². The third-order valence-corrected chi connectivity index (χ3v) is 1.65. The summed E-state index contributed by atoms with van der Waals surface area (Å²) in [6.07, 6.45) is 2.05. The minimum Gasteiger partial charge on any atom is -0.331 e. The van der Waals surface area contributed by atoms with Crippen LogP contribution in [0.3, 0.4) is 0 Å². The van der Waals surface area contributed by atoms with Crippen molar-refractivity contribution in [1.82, 2.24) is 4.57 Å². The summed E-state index contributed by atoms with van der Waals surface area (Å²) in [5, 5.41) is 0. The molecule has 2 heteroatoms. The van der Waals surface area contributed by atoms with Crippen molar-refractivity contribution in [2.75, 3.05) is 7.05 Å². The molecule has 0 N–H and O–H groups in total. The van der Waals surface area contributed by atoms with Crippen LogP contribution >= 0.6 is 0 Å². The van der Waals surface area contributed by atoms with Gasteiger partial charge in [0.05, 0.1) is 0 Å². The smallest absolute Gasteiger partial charge is 0.127 e. The fourth-order valence-corrected chi connectivity index (χ4v) is 1.07. The first-order valence-corrected chi connectivity index (χ1v) is 3.85. The summed E-state index contributed by atoms with van der Waals surface area (Å²) in [7, 11) is 1.81. The predicted molar refractivity (Wildman–Crippen MR) is 46.3 cm³/mol. The van der Waals surface area contributed by atoms with Gasteiger partial charge in [-0.1, -0.05) is 6.07 Å². The third kappa shape index (κ3) is 1.70. The monoisotopic (exact) mass is 150 g/mol. The molecule has 0 aliphatic heterocycles. The molecule has 1 rings (SSSR count). The summed E-state index contributed by atoms with van der Waals surface area (Å²) >= 11 is 0. The number of aromatic nitrogens is 1. The van der Waals surface area contributed by atoms with Gasteiger partial charge in [-0.15, -0.1) is 0 Å². The highest BCUT2D eigenvalue weighted by molar-refractivity contribution is 4.93. The van der Waals surface area contributed by atoms with Crippen LogP contribution in [0, 0.1) is 0 Å². The Morgan fingerprint density at radius 3 is 2.55 bits per heavy atom. The molecule has 1 aromatic rings. The van der Waals surface area contributed by atoms with Crippen LogP contribution in [0.5, 0.6) is 0 Å². The molecule has 11 heavy (non-hydrogen) atoms. The Morgan fingerprint density at radius 2 is 2.09 bits per heavy atom. The van der Waals surface area contributed by atoms with Gasteiger partial charge in [0.25, 0.3) is 0 Å². The standard InChI is InChI=1S/C9H14N2/c1-8(2)11-7-5-4-6-9(11)10-3/h4-8H,1-3H3/b10-9-. The van der Waals surface area contributed by atoms with Gasteiger partial charge in [-0.2, -0.15) is 0 Å². The van der Waals surface area contributed by atoms with E-state index in [1.807, 2.05) is 31.4 Å². The maximum atomic E-state index is 4.15. The summed E-state index contributed by atoms with van der Waals surface area (Å²) in [6.45, 7) is 4.30. The van der Waals surface area contributed by atoms with Crippen molar-refractivity contribution in [2.45, 2.75) is 19.9 Å². The first-order valence-electron chi connectivity index (χ1n) is 3.85. The van der Waals surface area contributed by atoms with E-state index in [2.05, 4.69) is 23.4 Å². The van der Waals surface area contributed by atoms with Crippen molar-refractivity contribution in [2.24, 2.45) is 4.99 Å². The zero-order valence-corrected chi connectivity index (χ0v) is 7.28. The van der Waals surface area contributed by atoms with Gasteiger partial charge in [-0.25, -0.2) is 0 Å². The first kappa shape index (κ1) is 8.05. The van der Waals surface area contributed by atoms with Crippen molar-refractivity contribution in [3.05, 3.63) is 29.9 Å². The molecule has 0 saturated carbocycles. The van der Waals surface area contributed by atoms with Crippen LogP contribution in [0.15, 0.2) is 29.4 Å². The average Bonchev–Trinajstić information content (AvgIpc) is 2.04. The van der Waals surface area contributed by atoms with Crippen LogP contribution in [0.25, 0.3) is 0 Å². The summed E-state index contributed by atoms with van der Waals surface area (Å²) in [6, 6.07) is 6.52. The number of hydrogen-bond donors (Lipinski definition) is 0. The van der Waals surface area contributed by atoms with Crippen LogP contribution in [-0.2, 0) is 0 Å². The number of rotatable bonds is 1. The second-order valence-corrected chi connectivity index (χ2v) is 2.78. The maximum Gasteiger partial charge on any atom is 0.127 e. The zero-order chi connectivity index (χ0) is 8.27. The molecule has 0 aliphatic rings. The molecular weight excluding hydrogens is 136 g/mol. The molecule has 0 amide bonds. The van der Waals surface area contributed by atoms with Crippen molar-refractivity contribution < 1.29 is 0 Å². The van der Waals surface area contributed by atoms with E-state index in [0.29, 0.717) is 6.04 Å². The van der Waals surface area contributed by atoms with E-state index in [1.54, 1.807) is 0 Å². The molecule has 0 saturated heterocycles.